The van der Waals surface area contributed by atoms with Gasteiger partial charge in [0.2, 0.25) is 0 Å². The molecule has 4 nitrogen and oxygen atoms in total. The average Bonchev–Trinajstić information content (AvgIpc) is 2.66. The minimum Gasteiger partial charge on any atom is -0.489 e. The van der Waals surface area contributed by atoms with E-state index in [4.69, 9.17) is 21.1 Å². The number of amides is 1. The Morgan fingerprint density at radius 3 is 2.55 bits per heavy atom. The summed E-state index contributed by atoms with van der Waals surface area (Å²) in [7, 11) is 0. The lowest BCUT2D eigenvalue weighted by atomic mass is 9.89. The van der Waals surface area contributed by atoms with Crippen LogP contribution in [0.15, 0.2) is 42.5 Å². The Morgan fingerprint density at radius 1 is 1.17 bits per heavy atom. The standard InChI is InChI=1S/C23H27ClFNO3/c1-23(2,3)29-22(27)26-11-9-16(10-12-26)17-5-4-6-20(13-17)28-15-18-7-8-19(24)14-21(18)25/h4-8,13-14,16H,9-12,15H2,1-3H3. The van der Waals surface area contributed by atoms with Crippen molar-refractivity contribution in [2.24, 2.45) is 0 Å². The quantitative estimate of drug-likeness (QED) is 0.594. The summed E-state index contributed by atoms with van der Waals surface area (Å²) in [5.41, 5.74) is 1.15. The third-order valence-electron chi connectivity index (χ3n) is 4.89. The van der Waals surface area contributed by atoms with Gasteiger partial charge in [0.25, 0.3) is 0 Å². The van der Waals surface area contributed by atoms with Gasteiger partial charge < -0.3 is 14.4 Å². The molecule has 156 valence electrons. The first-order valence-corrected chi connectivity index (χ1v) is 10.2. The van der Waals surface area contributed by atoms with Crippen molar-refractivity contribution in [1.82, 2.24) is 4.90 Å². The molecule has 0 saturated carbocycles. The van der Waals surface area contributed by atoms with E-state index in [0.717, 1.165) is 12.8 Å². The van der Waals surface area contributed by atoms with Gasteiger partial charge in [-0.1, -0.05) is 29.8 Å². The molecule has 3 rings (SSSR count). The van der Waals surface area contributed by atoms with Gasteiger partial charge in [-0.2, -0.15) is 0 Å². The zero-order valence-electron chi connectivity index (χ0n) is 17.1. The van der Waals surface area contributed by atoms with Gasteiger partial charge in [-0.25, -0.2) is 9.18 Å². The van der Waals surface area contributed by atoms with E-state index < -0.39 is 5.60 Å². The van der Waals surface area contributed by atoms with E-state index in [9.17, 15) is 9.18 Å². The SMILES string of the molecule is CC(C)(C)OC(=O)N1CCC(c2cccc(OCc3ccc(Cl)cc3F)c2)CC1. The van der Waals surface area contributed by atoms with Gasteiger partial charge >= 0.3 is 6.09 Å². The molecule has 1 heterocycles. The lowest BCUT2D eigenvalue weighted by Gasteiger charge is -2.33. The molecule has 29 heavy (non-hydrogen) atoms. The molecule has 0 aliphatic carbocycles. The van der Waals surface area contributed by atoms with Gasteiger partial charge in [-0.05, 0) is 69.4 Å². The highest BCUT2D eigenvalue weighted by Crippen LogP contribution is 2.31. The highest BCUT2D eigenvalue weighted by Gasteiger charge is 2.27. The van der Waals surface area contributed by atoms with E-state index in [2.05, 4.69) is 6.07 Å². The molecule has 0 spiro atoms. The van der Waals surface area contributed by atoms with E-state index in [1.807, 2.05) is 39.0 Å². The highest BCUT2D eigenvalue weighted by molar-refractivity contribution is 6.30. The number of nitrogens with zero attached hydrogens (tertiary/aromatic N) is 1. The Balaban J connectivity index is 1.57. The van der Waals surface area contributed by atoms with Crippen molar-refractivity contribution in [2.45, 2.75) is 51.7 Å². The minimum atomic E-state index is -0.483. The molecule has 6 heteroatoms. The number of rotatable bonds is 4. The molecule has 2 aromatic carbocycles. The summed E-state index contributed by atoms with van der Waals surface area (Å²) in [6.07, 6.45) is 1.49. The number of carbonyl (C=O) groups excluding carboxylic acids is 1. The van der Waals surface area contributed by atoms with E-state index in [1.165, 1.54) is 11.6 Å². The second-order valence-electron chi connectivity index (χ2n) is 8.34. The monoisotopic (exact) mass is 419 g/mol. The number of piperidine rings is 1. The van der Waals surface area contributed by atoms with Crippen LogP contribution in [0.5, 0.6) is 5.75 Å². The van der Waals surface area contributed by atoms with Crippen molar-refractivity contribution < 1.29 is 18.7 Å². The van der Waals surface area contributed by atoms with E-state index in [-0.39, 0.29) is 18.5 Å². The van der Waals surface area contributed by atoms with Crippen LogP contribution in [0.3, 0.4) is 0 Å². The van der Waals surface area contributed by atoms with Crippen molar-refractivity contribution >= 4 is 17.7 Å². The number of carbonyl (C=O) groups is 1. The Hall–Kier alpha value is -2.27. The molecule has 1 aliphatic rings. The summed E-state index contributed by atoms with van der Waals surface area (Å²) in [4.78, 5) is 14.0. The van der Waals surface area contributed by atoms with Gasteiger partial charge in [-0.3, -0.25) is 0 Å². The zero-order valence-corrected chi connectivity index (χ0v) is 17.8. The van der Waals surface area contributed by atoms with Crippen LogP contribution in [0.1, 0.15) is 50.7 Å². The van der Waals surface area contributed by atoms with Crippen LogP contribution in [0.25, 0.3) is 0 Å². The molecule has 0 N–H and O–H groups in total. The second kappa shape index (κ2) is 9.04. The van der Waals surface area contributed by atoms with Crippen molar-refractivity contribution in [3.63, 3.8) is 0 Å². The van der Waals surface area contributed by atoms with E-state index >= 15 is 0 Å². The molecule has 1 saturated heterocycles. The third-order valence-corrected chi connectivity index (χ3v) is 5.12. The molecule has 1 aliphatic heterocycles. The van der Waals surface area contributed by atoms with Crippen LogP contribution in [-0.4, -0.2) is 29.7 Å². The first-order chi connectivity index (χ1) is 13.7. The highest BCUT2D eigenvalue weighted by atomic mass is 35.5. The molecule has 1 amide bonds. The molecular weight excluding hydrogens is 393 g/mol. The van der Waals surface area contributed by atoms with Gasteiger partial charge in [0.05, 0.1) is 0 Å². The van der Waals surface area contributed by atoms with Crippen LogP contribution >= 0.6 is 11.6 Å². The van der Waals surface area contributed by atoms with Crippen molar-refractivity contribution in [2.75, 3.05) is 13.1 Å². The smallest absolute Gasteiger partial charge is 0.410 e. The lowest BCUT2D eigenvalue weighted by Crippen LogP contribution is -2.41. The molecule has 0 unspecified atom stereocenters. The Labute approximate surface area is 176 Å². The summed E-state index contributed by atoms with van der Waals surface area (Å²) < 4.78 is 25.2. The van der Waals surface area contributed by atoms with Crippen LogP contribution in [-0.2, 0) is 11.3 Å². The number of halogens is 2. The number of ether oxygens (including phenoxy) is 2. The number of hydrogen-bond acceptors (Lipinski definition) is 3. The van der Waals surface area contributed by atoms with Crippen LogP contribution in [0.2, 0.25) is 5.02 Å². The predicted molar refractivity (Wildman–Crippen MR) is 112 cm³/mol. The first-order valence-electron chi connectivity index (χ1n) is 9.86. The summed E-state index contributed by atoms with van der Waals surface area (Å²) in [5.74, 6) is 0.680. The van der Waals surface area contributed by atoms with Gasteiger partial charge in [0.15, 0.2) is 0 Å². The molecule has 0 bridgehead atoms. The zero-order chi connectivity index (χ0) is 21.0. The summed E-state index contributed by atoms with van der Waals surface area (Å²) in [6.45, 7) is 7.10. The van der Waals surface area contributed by atoms with E-state index in [0.29, 0.717) is 35.3 Å². The Kier molecular flexibility index (Phi) is 6.68. The third kappa shape index (κ3) is 6.10. The lowest BCUT2D eigenvalue weighted by molar-refractivity contribution is 0.0204. The average molecular weight is 420 g/mol. The fourth-order valence-electron chi connectivity index (χ4n) is 3.38. The number of hydrogen-bond donors (Lipinski definition) is 0. The molecular formula is C23H27ClFNO3. The molecule has 0 atom stereocenters. The van der Waals surface area contributed by atoms with Gasteiger partial charge in [0.1, 0.15) is 23.8 Å². The fourth-order valence-corrected chi connectivity index (χ4v) is 3.54. The Bertz CT molecular complexity index is 857. The number of benzene rings is 2. The normalized spacial score (nSPS) is 15.3. The number of likely N-dealkylation sites (tertiary alicyclic amines) is 1. The minimum absolute atomic E-state index is 0.142. The fraction of sp³-hybridized carbons (Fsp3) is 0.435. The van der Waals surface area contributed by atoms with Crippen LogP contribution < -0.4 is 4.74 Å². The summed E-state index contributed by atoms with van der Waals surface area (Å²) in [5, 5.41) is 0.367. The molecule has 2 aromatic rings. The van der Waals surface area contributed by atoms with Crippen LogP contribution in [0.4, 0.5) is 9.18 Å². The second-order valence-corrected chi connectivity index (χ2v) is 8.77. The van der Waals surface area contributed by atoms with Crippen LogP contribution in [0, 0.1) is 5.82 Å². The largest absolute Gasteiger partial charge is 0.489 e. The molecule has 1 fully saturated rings. The van der Waals surface area contributed by atoms with Gasteiger partial charge in [0, 0.05) is 23.7 Å². The van der Waals surface area contributed by atoms with Crippen molar-refractivity contribution in [1.29, 1.82) is 0 Å². The van der Waals surface area contributed by atoms with Gasteiger partial charge in [-0.15, -0.1) is 0 Å². The summed E-state index contributed by atoms with van der Waals surface area (Å²) >= 11 is 5.79. The predicted octanol–water partition coefficient (Wildman–Crippen LogP) is 6.17. The maximum absolute atomic E-state index is 13.9. The molecule has 0 radical (unpaired) electrons. The molecule has 0 aromatic heterocycles. The first kappa shape index (κ1) is 21.4. The topological polar surface area (TPSA) is 38.8 Å². The Morgan fingerprint density at radius 2 is 1.90 bits per heavy atom. The maximum Gasteiger partial charge on any atom is 0.410 e. The van der Waals surface area contributed by atoms with E-state index in [1.54, 1.807) is 17.0 Å². The maximum atomic E-state index is 13.9. The van der Waals surface area contributed by atoms with Crippen molar-refractivity contribution in [3.05, 3.63) is 64.4 Å². The van der Waals surface area contributed by atoms with Crippen molar-refractivity contribution in [3.8, 4) is 5.75 Å². The summed E-state index contributed by atoms with van der Waals surface area (Å²) in [6, 6.07) is 12.5.